The van der Waals surface area contributed by atoms with E-state index >= 15 is 0 Å². The molecule has 14 heavy (non-hydrogen) atoms. The van der Waals surface area contributed by atoms with Gasteiger partial charge in [0.05, 0.1) is 13.0 Å². The third-order valence-electron chi connectivity index (χ3n) is 1.97. The summed E-state index contributed by atoms with van der Waals surface area (Å²) < 4.78 is 4.90. The van der Waals surface area contributed by atoms with Crippen molar-refractivity contribution in [1.29, 1.82) is 0 Å². The first-order chi connectivity index (χ1) is 6.58. The van der Waals surface area contributed by atoms with Gasteiger partial charge in [-0.3, -0.25) is 4.79 Å². The molecule has 6 nitrogen and oxygen atoms in total. The van der Waals surface area contributed by atoms with Gasteiger partial charge >= 0.3 is 12.1 Å². The van der Waals surface area contributed by atoms with Crippen molar-refractivity contribution < 1.29 is 19.4 Å². The maximum atomic E-state index is 10.7. The molecule has 0 aromatic rings. The van der Waals surface area contributed by atoms with Gasteiger partial charge in [0.25, 0.3) is 0 Å². The van der Waals surface area contributed by atoms with E-state index in [-0.39, 0.29) is 12.5 Å². The Morgan fingerprint density at radius 2 is 2.50 bits per heavy atom. The van der Waals surface area contributed by atoms with Crippen LogP contribution in [-0.2, 0) is 9.53 Å². The predicted octanol–water partition coefficient (Wildman–Crippen LogP) is -0.499. The highest BCUT2D eigenvalue weighted by Crippen LogP contribution is 2.02. The number of nitrogens with zero attached hydrogens (tertiary/aromatic N) is 1. The second-order valence-corrected chi connectivity index (χ2v) is 3.31. The van der Waals surface area contributed by atoms with E-state index in [1.165, 1.54) is 0 Å². The Balaban J connectivity index is 2.16. The van der Waals surface area contributed by atoms with Gasteiger partial charge in [-0.25, -0.2) is 4.79 Å². The van der Waals surface area contributed by atoms with Crippen molar-refractivity contribution in [1.82, 2.24) is 10.2 Å². The number of nitrogens with one attached hydrogen (secondary N) is 1. The molecule has 0 radical (unpaired) electrons. The number of rotatable bonds is 5. The molecule has 1 aliphatic heterocycles. The Hall–Kier alpha value is -1.30. The second kappa shape index (κ2) is 4.80. The van der Waals surface area contributed by atoms with Crippen LogP contribution in [0, 0.1) is 0 Å². The molecule has 0 aliphatic carbocycles. The number of likely N-dealkylation sites (N-methyl/N-ethyl adjacent to an activating group) is 1. The normalized spacial score (nSPS) is 20.7. The number of carbonyl (C=O) groups excluding carboxylic acids is 1. The summed E-state index contributed by atoms with van der Waals surface area (Å²) in [7, 11) is 1.80. The zero-order chi connectivity index (χ0) is 10.6. The molecule has 1 heterocycles. The molecule has 0 aromatic carbocycles. The Labute approximate surface area is 81.8 Å². The Morgan fingerprint density at radius 1 is 1.79 bits per heavy atom. The Morgan fingerprint density at radius 3 is 3.00 bits per heavy atom. The van der Waals surface area contributed by atoms with E-state index in [0.717, 1.165) is 0 Å². The molecule has 0 saturated carbocycles. The van der Waals surface area contributed by atoms with E-state index in [2.05, 4.69) is 5.32 Å². The Kier molecular flexibility index (Phi) is 3.70. The monoisotopic (exact) mass is 202 g/mol. The summed E-state index contributed by atoms with van der Waals surface area (Å²) in [5, 5.41) is 11.0. The number of ether oxygens (including phenoxy) is 1. The van der Waals surface area contributed by atoms with Crippen LogP contribution in [0.15, 0.2) is 0 Å². The average Bonchev–Trinajstić information content (AvgIpc) is 2.48. The molecule has 1 amide bonds. The van der Waals surface area contributed by atoms with Crippen molar-refractivity contribution in [2.24, 2.45) is 0 Å². The Bertz CT molecular complexity index is 231. The number of amides is 1. The fraction of sp³-hybridized carbons (Fsp3) is 0.750. The van der Waals surface area contributed by atoms with Crippen LogP contribution in [0.5, 0.6) is 0 Å². The fourth-order valence-electron chi connectivity index (χ4n) is 1.26. The number of aliphatic carboxylic acids is 1. The van der Waals surface area contributed by atoms with Crippen LogP contribution in [0.25, 0.3) is 0 Å². The van der Waals surface area contributed by atoms with Crippen molar-refractivity contribution in [2.45, 2.75) is 12.5 Å². The molecule has 1 fully saturated rings. The minimum absolute atomic E-state index is 0.102. The molecule has 1 aliphatic rings. The van der Waals surface area contributed by atoms with E-state index < -0.39 is 12.1 Å². The lowest BCUT2D eigenvalue weighted by Gasteiger charge is -2.18. The van der Waals surface area contributed by atoms with E-state index in [1.807, 2.05) is 4.90 Å². The lowest BCUT2D eigenvalue weighted by molar-refractivity contribution is -0.137. The molecule has 6 heteroatoms. The van der Waals surface area contributed by atoms with Gasteiger partial charge in [0.1, 0.15) is 6.10 Å². The SMILES string of the molecule is CN(CCC(=O)O)CC1CNC(=O)O1. The maximum absolute atomic E-state index is 10.7. The van der Waals surface area contributed by atoms with Gasteiger partial charge in [0, 0.05) is 13.1 Å². The van der Waals surface area contributed by atoms with Crippen LogP contribution in [-0.4, -0.2) is 54.9 Å². The zero-order valence-corrected chi connectivity index (χ0v) is 8.02. The summed E-state index contributed by atoms with van der Waals surface area (Å²) in [6, 6.07) is 0. The number of hydrogen-bond donors (Lipinski definition) is 2. The number of carbonyl (C=O) groups is 2. The molecule has 0 aromatic heterocycles. The molecule has 80 valence electrons. The van der Waals surface area contributed by atoms with Gasteiger partial charge in [0.2, 0.25) is 0 Å². The standard InChI is InChI=1S/C8H14N2O4/c1-10(3-2-7(11)12)5-6-4-9-8(13)14-6/h6H,2-5H2,1H3,(H,9,13)(H,11,12). The van der Waals surface area contributed by atoms with E-state index in [0.29, 0.717) is 19.6 Å². The number of hydrogen-bond acceptors (Lipinski definition) is 4. The largest absolute Gasteiger partial charge is 0.481 e. The summed E-state index contributed by atoms with van der Waals surface area (Å²) in [5.41, 5.74) is 0. The number of alkyl carbamates (subject to hydrolysis) is 1. The van der Waals surface area contributed by atoms with E-state index in [9.17, 15) is 9.59 Å². The maximum Gasteiger partial charge on any atom is 0.407 e. The molecular weight excluding hydrogens is 188 g/mol. The molecule has 1 unspecified atom stereocenters. The lowest BCUT2D eigenvalue weighted by Crippen LogP contribution is -2.32. The smallest absolute Gasteiger partial charge is 0.407 e. The molecule has 2 N–H and O–H groups in total. The van der Waals surface area contributed by atoms with Gasteiger partial charge < -0.3 is 20.1 Å². The van der Waals surface area contributed by atoms with Crippen molar-refractivity contribution in [3.8, 4) is 0 Å². The minimum Gasteiger partial charge on any atom is -0.481 e. The molecular formula is C8H14N2O4. The topological polar surface area (TPSA) is 78.9 Å². The van der Waals surface area contributed by atoms with Crippen LogP contribution in [0.2, 0.25) is 0 Å². The van der Waals surface area contributed by atoms with Gasteiger partial charge in [-0.15, -0.1) is 0 Å². The highest BCUT2D eigenvalue weighted by Gasteiger charge is 2.23. The van der Waals surface area contributed by atoms with Crippen molar-refractivity contribution in [3.63, 3.8) is 0 Å². The first-order valence-corrected chi connectivity index (χ1v) is 4.42. The molecule has 1 saturated heterocycles. The summed E-state index contributed by atoms with van der Waals surface area (Å²) in [5.74, 6) is -0.821. The van der Waals surface area contributed by atoms with Gasteiger partial charge in [-0.1, -0.05) is 0 Å². The first kappa shape index (κ1) is 10.8. The number of carboxylic acid groups (broad SMARTS) is 1. The summed E-state index contributed by atoms with van der Waals surface area (Å²) in [6.07, 6.45) is -0.465. The number of carboxylic acids is 1. The molecule has 0 spiro atoms. The number of cyclic esters (lactones) is 1. The molecule has 1 atom stereocenters. The van der Waals surface area contributed by atoms with Gasteiger partial charge in [-0.05, 0) is 7.05 Å². The molecule has 0 bridgehead atoms. The van der Waals surface area contributed by atoms with Crippen LogP contribution >= 0.6 is 0 Å². The van der Waals surface area contributed by atoms with Crippen LogP contribution < -0.4 is 5.32 Å². The van der Waals surface area contributed by atoms with Gasteiger partial charge in [0.15, 0.2) is 0 Å². The van der Waals surface area contributed by atoms with Crippen LogP contribution in [0.1, 0.15) is 6.42 Å². The average molecular weight is 202 g/mol. The minimum atomic E-state index is -0.821. The third-order valence-corrected chi connectivity index (χ3v) is 1.97. The molecule has 1 rings (SSSR count). The second-order valence-electron chi connectivity index (χ2n) is 3.31. The lowest BCUT2D eigenvalue weighted by atomic mass is 10.3. The quantitative estimate of drug-likeness (QED) is 0.628. The zero-order valence-electron chi connectivity index (χ0n) is 8.02. The third kappa shape index (κ3) is 3.61. The first-order valence-electron chi connectivity index (χ1n) is 4.42. The predicted molar refractivity (Wildman–Crippen MR) is 48.0 cm³/mol. The highest BCUT2D eigenvalue weighted by molar-refractivity contribution is 5.69. The van der Waals surface area contributed by atoms with Gasteiger partial charge in [-0.2, -0.15) is 0 Å². The van der Waals surface area contributed by atoms with Crippen molar-refractivity contribution >= 4 is 12.1 Å². The van der Waals surface area contributed by atoms with Crippen LogP contribution in [0.3, 0.4) is 0 Å². The fourth-order valence-corrected chi connectivity index (χ4v) is 1.26. The highest BCUT2D eigenvalue weighted by atomic mass is 16.6. The van der Waals surface area contributed by atoms with E-state index in [1.54, 1.807) is 7.05 Å². The van der Waals surface area contributed by atoms with Crippen LogP contribution in [0.4, 0.5) is 4.79 Å². The summed E-state index contributed by atoms with van der Waals surface area (Å²) >= 11 is 0. The summed E-state index contributed by atoms with van der Waals surface area (Å²) in [6.45, 7) is 1.52. The summed E-state index contributed by atoms with van der Waals surface area (Å²) in [4.78, 5) is 22.8. The van der Waals surface area contributed by atoms with Crippen molar-refractivity contribution in [3.05, 3.63) is 0 Å². The van der Waals surface area contributed by atoms with Crippen molar-refractivity contribution in [2.75, 3.05) is 26.7 Å². The van der Waals surface area contributed by atoms with E-state index in [4.69, 9.17) is 9.84 Å².